The average Bonchev–Trinajstić information content (AvgIpc) is 2.23. The molecule has 1 unspecified atom stereocenters. The van der Waals surface area contributed by atoms with Crippen molar-refractivity contribution in [1.82, 2.24) is 5.32 Å². The smallest absolute Gasteiger partial charge is 0.262 e. The molecule has 0 aliphatic heterocycles. The van der Waals surface area contributed by atoms with E-state index in [0.717, 1.165) is 31.4 Å². The number of hydrogen-bond acceptors (Lipinski definition) is 3. The minimum atomic E-state index is -4.15. The highest BCUT2D eigenvalue weighted by atomic mass is 35.7. The standard InChI is InChI=1S/C13H14Cl2FNO3S/c1-7(8-3-2-4-8)17-13(18)9-5-12(21(15,19)20)10(14)6-11(9)16/h5-8H,2-4H2,1H3,(H,17,18). The molecule has 1 atom stereocenters. The average molecular weight is 354 g/mol. The van der Waals surface area contributed by atoms with Crippen LogP contribution < -0.4 is 5.32 Å². The molecule has 21 heavy (non-hydrogen) atoms. The Labute approximate surface area is 132 Å². The zero-order valence-corrected chi connectivity index (χ0v) is 13.5. The van der Waals surface area contributed by atoms with Gasteiger partial charge < -0.3 is 5.32 Å². The van der Waals surface area contributed by atoms with Crippen LogP contribution >= 0.6 is 22.3 Å². The number of carbonyl (C=O) groups is 1. The lowest BCUT2D eigenvalue weighted by atomic mass is 9.80. The molecule has 1 fully saturated rings. The summed E-state index contributed by atoms with van der Waals surface area (Å²) in [5.41, 5.74) is -0.384. The van der Waals surface area contributed by atoms with E-state index in [1.54, 1.807) is 0 Å². The zero-order valence-electron chi connectivity index (χ0n) is 11.2. The van der Waals surface area contributed by atoms with Gasteiger partial charge in [0.2, 0.25) is 0 Å². The van der Waals surface area contributed by atoms with Crippen molar-refractivity contribution >= 4 is 37.2 Å². The molecule has 1 aliphatic carbocycles. The highest BCUT2D eigenvalue weighted by Gasteiger charge is 2.27. The molecule has 0 heterocycles. The monoisotopic (exact) mass is 353 g/mol. The van der Waals surface area contributed by atoms with Crippen molar-refractivity contribution in [3.8, 4) is 0 Å². The van der Waals surface area contributed by atoms with Gasteiger partial charge >= 0.3 is 0 Å². The molecule has 0 radical (unpaired) electrons. The van der Waals surface area contributed by atoms with E-state index in [-0.39, 0.29) is 16.6 Å². The lowest BCUT2D eigenvalue weighted by Gasteiger charge is -2.31. The summed E-state index contributed by atoms with van der Waals surface area (Å²) in [4.78, 5) is 11.6. The van der Waals surface area contributed by atoms with Gasteiger partial charge in [0, 0.05) is 16.7 Å². The third-order valence-electron chi connectivity index (χ3n) is 3.74. The number of nitrogens with one attached hydrogen (secondary N) is 1. The van der Waals surface area contributed by atoms with Crippen molar-refractivity contribution in [2.75, 3.05) is 0 Å². The maximum absolute atomic E-state index is 13.8. The van der Waals surface area contributed by atoms with Gasteiger partial charge in [-0.3, -0.25) is 4.79 Å². The van der Waals surface area contributed by atoms with Crippen LogP contribution in [0.4, 0.5) is 4.39 Å². The Hall–Kier alpha value is -0.850. The largest absolute Gasteiger partial charge is 0.349 e. The first-order valence-electron chi connectivity index (χ1n) is 6.44. The summed E-state index contributed by atoms with van der Waals surface area (Å²) in [6, 6.07) is 1.54. The van der Waals surface area contributed by atoms with Crippen LogP contribution in [0, 0.1) is 11.7 Å². The number of hydrogen-bond donors (Lipinski definition) is 1. The van der Waals surface area contributed by atoms with Crippen LogP contribution in [0.5, 0.6) is 0 Å². The van der Waals surface area contributed by atoms with Crippen molar-refractivity contribution in [3.63, 3.8) is 0 Å². The van der Waals surface area contributed by atoms with Gasteiger partial charge in [-0.05, 0) is 37.8 Å². The molecular formula is C13H14Cl2FNO3S. The second kappa shape index (κ2) is 6.10. The molecule has 1 saturated carbocycles. The second-order valence-electron chi connectivity index (χ2n) is 5.15. The number of halogens is 3. The Bertz CT molecular complexity index is 674. The summed E-state index contributed by atoms with van der Waals surface area (Å²) in [5, 5.41) is 2.32. The lowest BCUT2D eigenvalue weighted by molar-refractivity contribution is 0.0905. The molecule has 0 saturated heterocycles. The highest BCUT2D eigenvalue weighted by molar-refractivity contribution is 8.13. The fraction of sp³-hybridized carbons (Fsp3) is 0.462. The van der Waals surface area contributed by atoms with E-state index in [9.17, 15) is 17.6 Å². The topological polar surface area (TPSA) is 63.2 Å². The van der Waals surface area contributed by atoms with Crippen LogP contribution in [0.2, 0.25) is 5.02 Å². The summed E-state index contributed by atoms with van der Waals surface area (Å²) >= 11 is 5.64. The van der Waals surface area contributed by atoms with Crippen molar-refractivity contribution in [2.24, 2.45) is 5.92 Å². The molecule has 1 aliphatic rings. The van der Waals surface area contributed by atoms with Crippen LogP contribution in [-0.4, -0.2) is 20.4 Å². The fourth-order valence-corrected chi connectivity index (χ4v) is 3.74. The fourth-order valence-electron chi connectivity index (χ4n) is 2.23. The van der Waals surface area contributed by atoms with Gasteiger partial charge in [-0.1, -0.05) is 18.0 Å². The number of carbonyl (C=O) groups excluding carboxylic acids is 1. The quantitative estimate of drug-likeness (QED) is 0.844. The Kier molecular flexibility index (Phi) is 4.80. The normalized spacial score (nSPS) is 17.1. The van der Waals surface area contributed by atoms with Crippen LogP contribution in [0.3, 0.4) is 0 Å². The minimum absolute atomic E-state index is 0.0996. The van der Waals surface area contributed by atoms with E-state index in [1.807, 2.05) is 6.92 Å². The van der Waals surface area contributed by atoms with Crippen LogP contribution in [0.25, 0.3) is 0 Å². The van der Waals surface area contributed by atoms with E-state index in [4.69, 9.17) is 22.3 Å². The molecule has 1 aromatic rings. The Morgan fingerprint density at radius 1 is 1.43 bits per heavy atom. The molecule has 4 nitrogen and oxygen atoms in total. The van der Waals surface area contributed by atoms with E-state index in [1.165, 1.54) is 0 Å². The lowest BCUT2D eigenvalue weighted by Crippen LogP contribution is -2.41. The third kappa shape index (κ3) is 3.67. The Morgan fingerprint density at radius 3 is 2.52 bits per heavy atom. The van der Waals surface area contributed by atoms with E-state index < -0.39 is 25.7 Å². The van der Waals surface area contributed by atoms with Gasteiger partial charge in [0.25, 0.3) is 15.0 Å². The second-order valence-corrected chi connectivity index (χ2v) is 8.10. The molecule has 0 bridgehead atoms. The Balaban J connectivity index is 2.28. The van der Waals surface area contributed by atoms with Gasteiger partial charge in [-0.25, -0.2) is 12.8 Å². The predicted molar refractivity (Wildman–Crippen MR) is 78.7 cm³/mol. The van der Waals surface area contributed by atoms with Crippen LogP contribution in [0.1, 0.15) is 36.5 Å². The SMILES string of the molecule is CC(NC(=O)c1cc(S(=O)(=O)Cl)c(Cl)cc1F)C1CCC1. The first-order valence-corrected chi connectivity index (χ1v) is 9.13. The number of amides is 1. The third-order valence-corrected chi connectivity index (χ3v) is 5.53. The van der Waals surface area contributed by atoms with Gasteiger partial charge in [0.1, 0.15) is 10.7 Å². The molecule has 2 rings (SSSR count). The van der Waals surface area contributed by atoms with Gasteiger partial charge in [-0.2, -0.15) is 0 Å². The molecule has 0 spiro atoms. The van der Waals surface area contributed by atoms with E-state index in [2.05, 4.69) is 5.32 Å². The maximum Gasteiger partial charge on any atom is 0.262 e. The van der Waals surface area contributed by atoms with Crippen molar-refractivity contribution in [1.29, 1.82) is 0 Å². The summed E-state index contributed by atoms with van der Waals surface area (Å²) in [5.74, 6) is -1.19. The van der Waals surface area contributed by atoms with Gasteiger partial charge in [0.15, 0.2) is 0 Å². The molecule has 8 heteroatoms. The molecular weight excluding hydrogens is 340 g/mol. The molecule has 116 valence electrons. The summed E-state index contributed by atoms with van der Waals surface area (Å²) in [7, 11) is 1.06. The molecule has 1 amide bonds. The predicted octanol–water partition coefficient (Wildman–Crippen LogP) is 3.33. The van der Waals surface area contributed by atoms with Crippen molar-refractivity contribution in [2.45, 2.75) is 37.1 Å². The van der Waals surface area contributed by atoms with E-state index in [0.29, 0.717) is 5.92 Å². The molecule has 1 aromatic carbocycles. The van der Waals surface area contributed by atoms with Gasteiger partial charge in [0.05, 0.1) is 10.6 Å². The maximum atomic E-state index is 13.8. The number of rotatable bonds is 4. The summed E-state index contributed by atoms with van der Waals surface area (Å²) in [6.07, 6.45) is 3.16. The first kappa shape index (κ1) is 16.5. The van der Waals surface area contributed by atoms with Crippen LogP contribution in [0.15, 0.2) is 17.0 Å². The van der Waals surface area contributed by atoms with E-state index >= 15 is 0 Å². The first-order chi connectivity index (χ1) is 9.70. The van der Waals surface area contributed by atoms with Crippen molar-refractivity contribution < 1.29 is 17.6 Å². The zero-order chi connectivity index (χ0) is 15.8. The number of benzene rings is 1. The van der Waals surface area contributed by atoms with Crippen molar-refractivity contribution in [3.05, 3.63) is 28.5 Å². The summed E-state index contributed by atoms with van der Waals surface area (Å²) in [6.45, 7) is 1.84. The molecule has 0 aromatic heterocycles. The van der Waals surface area contributed by atoms with Crippen LogP contribution in [-0.2, 0) is 9.05 Å². The highest BCUT2D eigenvalue weighted by Crippen LogP contribution is 2.30. The summed E-state index contributed by atoms with van der Waals surface area (Å²) < 4.78 is 36.5. The Morgan fingerprint density at radius 2 is 2.05 bits per heavy atom. The minimum Gasteiger partial charge on any atom is -0.349 e. The van der Waals surface area contributed by atoms with Gasteiger partial charge in [-0.15, -0.1) is 0 Å². The molecule has 1 N–H and O–H groups in total.